The van der Waals surface area contributed by atoms with E-state index in [1.165, 1.54) is 27.0 Å². The zero-order chi connectivity index (χ0) is 24.7. The molecule has 1 amide bonds. The van der Waals surface area contributed by atoms with E-state index >= 15 is 0 Å². The minimum absolute atomic E-state index is 0.213. The Hall–Kier alpha value is -1.76. The van der Waals surface area contributed by atoms with Gasteiger partial charge in [-0.3, -0.25) is 10.1 Å². The van der Waals surface area contributed by atoms with Crippen LogP contribution in [0.3, 0.4) is 0 Å². The number of amides is 1. The third kappa shape index (κ3) is 4.94. The number of fused-ring (bicyclic) bond motifs is 1. The molecule has 1 aliphatic rings. The van der Waals surface area contributed by atoms with Crippen molar-refractivity contribution in [3.05, 3.63) is 61.7 Å². The summed E-state index contributed by atoms with van der Waals surface area (Å²) in [7, 11) is -3.57. The Labute approximate surface area is 224 Å². The van der Waals surface area contributed by atoms with Gasteiger partial charge in [0.05, 0.1) is 33.8 Å². The number of halogens is 3. The number of nitrogens with one attached hydrogen (secondary N) is 1. The maximum absolute atomic E-state index is 12.9. The van der Waals surface area contributed by atoms with Crippen LogP contribution < -0.4 is 5.32 Å². The summed E-state index contributed by atoms with van der Waals surface area (Å²) in [6.07, 6.45) is 0. The topological polar surface area (TPSA) is 88.6 Å². The van der Waals surface area contributed by atoms with Gasteiger partial charge < -0.3 is 4.74 Å². The number of rotatable bonds is 5. The molecule has 0 radical (unpaired) electrons. The highest BCUT2D eigenvalue weighted by molar-refractivity contribution is 7.89. The van der Waals surface area contributed by atoms with Crippen LogP contribution in [0, 0.1) is 0 Å². The number of hydrogen-bond donors (Lipinski definition) is 1. The van der Waals surface area contributed by atoms with E-state index in [1.54, 1.807) is 41.8 Å². The molecule has 1 N–H and O–H groups in total. The molecule has 7 nitrogen and oxygen atoms in total. The fraction of sp³-hybridized carbons (Fsp3) is 0.182. The van der Waals surface area contributed by atoms with E-state index in [4.69, 9.17) is 39.5 Å². The Morgan fingerprint density at radius 2 is 1.80 bits per heavy atom. The van der Waals surface area contributed by atoms with E-state index in [1.807, 2.05) is 0 Å². The molecule has 1 saturated heterocycles. The summed E-state index contributed by atoms with van der Waals surface area (Å²) in [5.41, 5.74) is 1.34. The summed E-state index contributed by atoms with van der Waals surface area (Å²) in [4.78, 5) is 17.9. The van der Waals surface area contributed by atoms with Gasteiger partial charge in [-0.05, 0) is 24.3 Å². The molecule has 13 heteroatoms. The molecule has 4 aromatic rings. The van der Waals surface area contributed by atoms with Crippen molar-refractivity contribution in [1.82, 2.24) is 9.29 Å². The number of sulfonamides is 1. The van der Waals surface area contributed by atoms with E-state index in [9.17, 15) is 13.2 Å². The number of nitrogens with zero attached hydrogens (tertiary/aromatic N) is 2. The third-order valence-corrected chi connectivity index (χ3v) is 10.2. The van der Waals surface area contributed by atoms with Crippen LogP contribution >= 0.6 is 57.5 Å². The summed E-state index contributed by atoms with van der Waals surface area (Å²) < 4.78 is 33.0. The minimum atomic E-state index is -3.57. The highest BCUT2D eigenvalue weighted by Gasteiger charge is 2.26. The fourth-order valence-corrected chi connectivity index (χ4v) is 8.01. The summed E-state index contributed by atoms with van der Waals surface area (Å²) in [6, 6.07) is 9.80. The standard InChI is InChI=1S/C22H16Cl3N3O4S3/c23-13-9-15(24)18-17(10-13)34-20(19(18)25)21(29)27-22-26-16(11-33-22)12-1-3-14(4-2-12)35(30,31)28-5-7-32-8-6-28/h1-4,9-11H,5-8H2,(H,26,27,29). The van der Waals surface area contributed by atoms with Crippen LogP contribution in [0.25, 0.3) is 21.3 Å². The average Bonchev–Trinajstić information content (AvgIpc) is 3.44. The van der Waals surface area contributed by atoms with Gasteiger partial charge in [0.2, 0.25) is 10.0 Å². The van der Waals surface area contributed by atoms with Gasteiger partial charge in [-0.15, -0.1) is 22.7 Å². The lowest BCUT2D eigenvalue weighted by Gasteiger charge is -2.26. The molecule has 0 atom stereocenters. The molecule has 0 unspecified atom stereocenters. The number of benzene rings is 2. The maximum atomic E-state index is 12.9. The zero-order valence-corrected chi connectivity index (χ0v) is 22.5. The van der Waals surface area contributed by atoms with Crippen LogP contribution in [0.5, 0.6) is 0 Å². The van der Waals surface area contributed by atoms with Gasteiger partial charge in [0.25, 0.3) is 5.91 Å². The predicted octanol–water partition coefficient (Wildman–Crippen LogP) is 6.26. The number of carbonyl (C=O) groups excluding carboxylic acids is 1. The molecule has 5 rings (SSSR count). The second-order valence-electron chi connectivity index (χ2n) is 7.54. The van der Waals surface area contributed by atoms with Gasteiger partial charge in [-0.25, -0.2) is 13.4 Å². The number of morpholine rings is 1. The second kappa shape index (κ2) is 9.95. The molecule has 1 aliphatic heterocycles. The fourth-order valence-electron chi connectivity index (χ4n) is 3.61. The summed E-state index contributed by atoms with van der Waals surface area (Å²) >= 11 is 21.2. The van der Waals surface area contributed by atoms with E-state index < -0.39 is 15.9 Å². The first-order valence-electron chi connectivity index (χ1n) is 10.3. The molecule has 0 bridgehead atoms. The van der Waals surface area contributed by atoms with E-state index in [2.05, 4.69) is 10.3 Å². The van der Waals surface area contributed by atoms with Crippen molar-refractivity contribution < 1.29 is 17.9 Å². The quantitative estimate of drug-likeness (QED) is 0.297. The van der Waals surface area contributed by atoms with Crippen LogP contribution in [0.4, 0.5) is 5.13 Å². The molecular formula is C22H16Cl3N3O4S3. The monoisotopic (exact) mass is 587 g/mol. The van der Waals surface area contributed by atoms with Gasteiger partial charge in [0, 0.05) is 39.1 Å². The molecule has 182 valence electrons. The first kappa shape index (κ1) is 24.9. The van der Waals surface area contributed by atoms with Gasteiger partial charge in [-0.1, -0.05) is 46.9 Å². The first-order valence-corrected chi connectivity index (χ1v) is 14.5. The number of thiophene rings is 1. The molecule has 0 spiro atoms. The summed E-state index contributed by atoms with van der Waals surface area (Å²) in [6.45, 7) is 1.45. The number of thiazole rings is 1. The zero-order valence-electron chi connectivity index (χ0n) is 17.8. The number of anilines is 1. The van der Waals surface area contributed by atoms with Gasteiger partial charge in [0.15, 0.2) is 5.13 Å². The van der Waals surface area contributed by atoms with Crippen LogP contribution in [0.2, 0.25) is 15.1 Å². The van der Waals surface area contributed by atoms with Crippen LogP contribution in [0.15, 0.2) is 46.7 Å². The van der Waals surface area contributed by atoms with E-state index in [0.29, 0.717) is 62.1 Å². The van der Waals surface area contributed by atoms with Crippen molar-refractivity contribution in [2.75, 3.05) is 31.6 Å². The minimum Gasteiger partial charge on any atom is -0.379 e. The Morgan fingerprint density at radius 1 is 1.09 bits per heavy atom. The highest BCUT2D eigenvalue weighted by Crippen LogP contribution is 2.41. The summed E-state index contributed by atoms with van der Waals surface area (Å²) in [5.74, 6) is -0.406. The second-order valence-corrected chi connectivity index (χ2v) is 12.6. The highest BCUT2D eigenvalue weighted by atomic mass is 35.5. The SMILES string of the molecule is O=C(Nc1nc(-c2ccc(S(=O)(=O)N3CCOCC3)cc2)cs1)c1sc2cc(Cl)cc(Cl)c2c1Cl. The molecule has 3 heterocycles. The number of hydrogen-bond acceptors (Lipinski definition) is 7. The van der Waals surface area contributed by atoms with Crippen LogP contribution in [0.1, 0.15) is 9.67 Å². The lowest BCUT2D eigenvalue weighted by atomic mass is 10.2. The molecule has 2 aromatic carbocycles. The lowest BCUT2D eigenvalue weighted by molar-refractivity contribution is 0.0730. The number of aromatic nitrogens is 1. The number of ether oxygens (including phenoxy) is 1. The average molecular weight is 589 g/mol. The van der Waals surface area contributed by atoms with E-state index in [-0.39, 0.29) is 9.92 Å². The molecule has 0 aliphatic carbocycles. The molecule has 2 aromatic heterocycles. The van der Waals surface area contributed by atoms with Crippen molar-refractivity contribution in [3.8, 4) is 11.3 Å². The molecular weight excluding hydrogens is 573 g/mol. The van der Waals surface area contributed by atoms with Crippen LogP contribution in [-0.2, 0) is 14.8 Å². The summed E-state index contributed by atoms with van der Waals surface area (Å²) in [5, 5.41) is 6.61. The Balaban J connectivity index is 1.33. The van der Waals surface area contributed by atoms with Gasteiger partial charge in [0.1, 0.15) is 4.88 Å². The van der Waals surface area contributed by atoms with Crippen molar-refractivity contribution in [2.45, 2.75) is 4.90 Å². The number of carbonyl (C=O) groups is 1. The molecule has 35 heavy (non-hydrogen) atoms. The van der Waals surface area contributed by atoms with Crippen molar-refractivity contribution in [2.24, 2.45) is 0 Å². The predicted molar refractivity (Wildman–Crippen MR) is 142 cm³/mol. The Bertz CT molecular complexity index is 1530. The molecule has 1 fully saturated rings. The molecule has 0 saturated carbocycles. The van der Waals surface area contributed by atoms with Crippen molar-refractivity contribution in [3.63, 3.8) is 0 Å². The maximum Gasteiger partial charge on any atom is 0.269 e. The normalized spacial score (nSPS) is 14.9. The van der Waals surface area contributed by atoms with Crippen molar-refractivity contribution >= 4 is 88.6 Å². The Morgan fingerprint density at radius 3 is 2.51 bits per heavy atom. The first-order chi connectivity index (χ1) is 16.7. The van der Waals surface area contributed by atoms with Gasteiger partial charge in [-0.2, -0.15) is 4.31 Å². The Kier molecular flexibility index (Phi) is 7.08. The largest absolute Gasteiger partial charge is 0.379 e. The van der Waals surface area contributed by atoms with Crippen LogP contribution in [-0.4, -0.2) is 49.9 Å². The van der Waals surface area contributed by atoms with Gasteiger partial charge >= 0.3 is 0 Å². The smallest absolute Gasteiger partial charge is 0.269 e. The third-order valence-electron chi connectivity index (χ3n) is 5.34. The lowest BCUT2D eigenvalue weighted by Crippen LogP contribution is -2.40. The van der Waals surface area contributed by atoms with Crippen molar-refractivity contribution in [1.29, 1.82) is 0 Å². The van der Waals surface area contributed by atoms with E-state index in [0.717, 1.165) is 5.56 Å².